The predicted molar refractivity (Wildman–Crippen MR) is 111 cm³/mol. The van der Waals surface area contributed by atoms with Crippen molar-refractivity contribution < 1.29 is 19.1 Å². The van der Waals surface area contributed by atoms with Crippen LogP contribution < -0.4 is 4.74 Å². The second kappa shape index (κ2) is 7.71. The molecule has 4 aliphatic rings. The van der Waals surface area contributed by atoms with E-state index in [9.17, 15) is 9.59 Å². The smallest absolute Gasteiger partial charge is 0.230 e. The summed E-state index contributed by atoms with van der Waals surface area (Å²) in [6.45, 7) is 7.78. The normalized spacial score (nSPS) is 32.7. The number of para-hydroxylation sites is 1. The van der Waals surface area contributed by atoms with E-state index in [1.54, 1.807) is 4.90 Å². The first-order chi connectivity index (χ1) is 14.6. The fraction of sp³-hybridized carbons (Fsp3) is 0.565. The van der Waals surface area contributed by atoms with Crippen LogP contribution in [0.25, 0.3) is 0 Å². The van der Waals surface area contributed by atoms with Crippen molar-refractivity contribution in [2.24, 2.45) is 11.8 Å². The molecule has 0 N–H and O–H groups in total. The van der Waals surface area contributed by atoms with E-state index >= 15 is 0 Å². The molecule has 1 aromatic rings. The molecular formula is C23H29N3O4. The second-order valence-electron chi connectivity index (χ2n) is 8.58. The van der Waals surface area contributed by atoms with Crippen LogP contribution in [0.5, 0.6) is 5.75 Å². The maximum Gasteiger partial charge on any atom is 0.230 e. The molecule has 0 aliphatic carbocycles. The topological polar surface area (TPSA) is 62.3 Å². The molecule has 1 aromatic carbocycles. The van der Waals surface area contributed by atoms with Gasteiger partial charge in [0, 0.05) is 26.2 Å². The summed E-state index contributed by atoms with van der Waals surface area (Å²) in [7, 11) is 0. The van der Waals surface area contributed by atoms with E-state index in [0.717, 1.165) is 38.5 Å². The van der Waals surface area contributed by atoms with Gasteiger partial charge in [0.15, 0.2) is 0 Å². The summed E-state index contributed by atoms with van der Waals surface area (Å²) in [4.78, 5) is 32.7. The molecule has 1 spiro atoms. The quantitative estimate of drug-likeness (QED) is 0.654. The number of carbonyl (C=O) groups excluding carboxylic acids is 2. The van der Waals surface area contributed by atoms with Crippen LogP contribution in [0, 0.1) is 11.8 Å². The van der Waals surface area contributed by atoms with Gasteiger partial charge in [0.2, 0.25) is 11.8 Å². The van der Waals surface area contributed by atoms with Crippen molar-refractivity contribution in [3.05, 3.63) is 42.5 Å². The summed E-state index contributed by atoms with van der Waals surface area (Å²) in [5, 5.41) is 0. The van der Waals surface area contributed by atoms with E-state index in [1.165, 1.54) is 0 Å². The number of fused-ring (bicyclic) bond motifs is 1. The maximum absolute atomic E-state index is 13.4. The van der Waals surface area contributed by atoms with Crippen molar-refractivity contribution in [3.63, 3.8) is 0 Å². The Hall–Kier alpha value is -2.38. The number of ether oxygens (including phenoxy) is 2. The highest BCUT2D eigenvalue weighted by molar-refractivity contribution is 5.93. The average molecular weight is 412 g/mol. The van der Waals surface area contributed by atoms with Crippen molar-refractivity contribution in [2.75, 3.05) is 52.4 Å². The summed E-state index contributed by atoms with van der Waals surface area (Å²) in [6, 6.07) is 9.59. The molecule has 7 heteroatoms. The van der Waals surface area contributed by atoms with E-state index in [2.05, 4.69) is 11.8 Å². The Morgan fingerprint density at radius 2 is 1.97 bits per heavy atom. The molecule has 30 heavy (non-hydrogen) atoms. The van der Waals surface area contributed by atoms with Crippen molar-refractivity contribution >= 4 is 11.8 Å². The van der Waals surface area contributed by atoms with Crippen molar-refractivity contribution in [1.29, 1.82) is 0 Å². The second-order valence-corrected chi connectivity index (χ2v) is 8.58. The molecule has 3 fully saturated rings. The van der Waals surface area contributed by atoms with Gasteiger partial charge in [-0.3, -0.25) is 9.59 Å². The standard InChI is InChI=1S/C23H29N3O4/c1-2-24-10-12-25(13-11-24)21(27)19-18-8-9-23(30-18)16-26(22(28)20(19)23)14-15-29-17-6-4-3-5-7-17/h3-9,18-20H,2,10-16H2,1H3/t18-,19?,20?,23-/m1/s1. The zero-order chi connectivity index (χ0) is 20.7. The Morgan fingerprint density at radius 1 is 1.20 bits per heavy atom. The number of benzene rings is 1. The van der Waals surface area contributed by atoms with E-state index < -0.39 is 17.4 Å². The zero-order valence-electron chi connectivity index (χ0n) is 17.4. The maximum atomic E-state index is 13.4. The number of likely N-dealkylation sites (N-methyl/N-ethyl adjacent to an activating group) is 1. The third kappa shape index (κ3) is 3.20. The van der Waals surface area contributed by atoms with Gasteiger partial charge < -0.3 is 24.2 Å². The fourth-order valence-corrected chi connectivity index (χ4v) is 5.34. The first kappa shape index (κ1) is 19.6. The van der Waals surface area contributed by atoms with Crippen LogP contribution in [0.3, 0.4) is 0 Å². The lowest BCUT2D eigenvalue weighted by Gasteiger charge is -2.37. The van der Waals surface area contributed by atoms with Gasteiger partial charge in [-0.2, -0.15) is 0 Å². The van der Waals surface area contributed by atoms with Crippen molar-refractivity contribution in [3.8, 4) is 5.75 Å². The van der Waals surface area contributed by atoms with E-state index in [4.69, 9.17) is 9.47 Å². The van der Waals surface area contributed by atoms with Gasteiger partial charge in [-0.15, -0.1) is 0 Å². The van der Waals surface area contributed by atoms with Crippen LogP contribution in [0.1, 0.15) is 6.92 Å². The van der Waals surface area contributed by atoms with Gasteiger partial charge in [-0.25, -0.2) is 0 Å². The molecule has 160 valence electrons. The van der Waals surface area contributed by atoms with Gasteiger partial charge >= 0.3 is 0 Å². The monoisotopic (exact) mass is 411 g/mol. The third-order valence-corrected chi connectivity index (χ3v) is 6.97. The average Bonchev–Trinajstić information content (AvgIpc) is 3.42. The molecule has 2 amide bonds. The van der Waals surface area contributed by atoms with Gasteiger partial charge in [0.1, 0.15) is 18.0 Å². The highest BCUT2D eigenvalue weighted by Crippen LogP contribution is 2.52. The fourth-order valence-electron chi connectivity index (χ4n) is 5.34. The predicted octanol–water partition coefficient (Wildman–Crippen LogP) is 1.01. The minimum atomic E-state index is -0.653. The van der Waals surface area contributed by atoms with Crippen LogP contribution in [0.4, 0.5) is 0 Å². The molecule has 7 nitrogen and oxygen atoms in total. The summed E-state index contributed by atoms with van der Waals surface area (Å²) in [5.41, 5.74) is -0.653. The number of amides is 2. The third-order valence-electron chi connectivity index (χ3n) is 6.97. The summed E-state index contributed by atoms with van der Waals surface area (Å²) in [5.74, 6) is 0.0577. The van der Waals surface area contributed by atoms with Gasteiger partial charge in [-0.1, -0.05) is 37.3 Å². The number of piperazine rings is 1. The zero-order valence-corrected chi connectivity index (χ0v) is 17.4. The Balaban J connectivity index is 1.25. The molecular weight excluding hydrogens is 382 g/mol. The molecule has 0 radical (unpaired) electrons. The van der Waals surface area contributed by atoms with Crippen LogP contribution in [0.15, 0.2) is 42.5 Å². The molecule has 3 saturated heterocycles. The summed E-state index contributed by atoms with van der Waals surface area (Å²) >= 11 is 0. The highest BCUT2D eigenvalue weighted by atomic mass is 16.5. The van der Waals surface area contributed by atoms with E-state index in [-0.39, 0.29) is 17.9 Å². The molecule has 2 unspecified atom stereocenters. The molecule has 0 aromatic heterocycles. The summed E-state index contributed by atoms with van der Waals surface area (Å²) < 4.78 is 12.0. The molecule has 4 aliphatic heterocycles. The minimum Gasteiger partial charge on any atom is -0.492 e. The lowest BCUT2D eigenvalue weighted by molar-refractivity contribution is -0.144. The largest absolute Gasteiger partial charge is 0.492 e. The molecule has 4 heterocycles. The minimum absolute atomic E-state index is 0.0176. The number of nitrogens with zero attached hydrogens (tertiary/aromatic N) is 3. The number of carbonyl (C=O) groups is 2. The Bertz CT molecular complexity index is 836. The van der Waals surface area contributed by atoms with Crippen molar-refractivity contribution in [1.82, 2.24) is 14.7 Å². The number of hydrogen-bond donors (Lipinski definition) is 0. The van der Waals surface area contributed by atoms with Gasteiger partial charge in [0.05, 0.1) is 31.0 Å². The highest BCUT2D eigenvalue weighted by Gasteiger charge is 2.67. The van der Waals surface area contributed by atoms with Crippen LogP contribution in [0.2, 0.25) is 0 Å². The lowest BCUT2D eigenvalue weighted by Crippen LogP contribution is -2.53. The number of rotatable bonds is 6. The first-order valence-corrected chi connectivity index (χ1v) is 11.0. The van der Waals surface area contributed by atoms with Crippen LogP contribution >= 0.6 is 0 Å². The molecule has 4 atom stereocenters. The van der Waals surface area contributed by atoms with Crippen LogP contribution in [-0.2, 0) is 14.3 Å². The van der Waals surface area contributed by atoms with Gasteiger partial charge in [-0.05, 0) is 18.7 Å². The summed E-state index contributed by atoms with van der Waals surface area (Å²) in [6.07, 6.45) is 3.72. The first-order valence-electron chi connectivity index (χ1n) is 11.0. The van der Waals surface area contributed by atoms with E-state index in [0.29, 0.717) is 19.7 Å². The van der Waals surface area contributed by atoms with Crippen LogP contribution in [-0.4, -0.2) is 90.6 Å². The molecule has 2 bridgehead atoms. The Labute approximate surface area is 177 Å². The van der Waals surface area contributed by atoms with E-state index in [1.807, 2.05) is 47.4 Å². The Morgan fingerprint density at radius 3 is 2.70 bits per heavy atom. The molecule has 5 rings (SSSR count). The number of hydrogen-bond acceptors (Lipinski definition) is 5. The number of likely N-dealkylation sites (tertiary alicyclic amines) is 1. The van der Waals surface area contributed by atoms with Gasteiger partial charge in [0.25, 0.3) is 0 Å². The Kier molecular flexibility index (Phi) is 5.03. The van der Waals surface area contributed by atoms with Crippen molar-refractivity contribution in [2.45, 2.75) is 18.6 Å². The molecule has 0 saturated carbocycles. The SMILES string of the molecule is CCN1CCN(C(=O)C2C3C(=O)N(CCOc4ccccc4)C[C@]34C=C[C@H]2O4)CC1. The lowest BCUT2D eigenvalue weighted by atomic mass is 9.76.